The van der Waals surface area contributed by atoms with Gasteiger partial charge in [0.05, 0.1) is 0 Å². The summed E-state index contributed by atoms with van der Waals surface area (Å²) in [4.78, 5) is 11.3. The normalized spacial score (nSPS) is 15.2. The molecule has 0 atom stereocenters. The molecular weight excluding hydrogens is 206 g/mol. The van der Waals surface area contributed by atoms with Crippen molar-refractivity contribution in [1.29, 1.82) is 0 Å². The Bertz CT molecular complexity index is 436. The third kappa shape index (κ3) is 2.76. The van der Waals surface area contributed by atoms with Gasteiger partial charge in [0.25, 0.3) is 0 Å². The molecule has 1 aromatic carbocycles. The highest BCUT2D eigenvalue weighted by Crippen LogP contribution is 2.23. The van der Waals surface area contributed by atoms with Gasteiger partial charge in [0, 0.05) is 23.7 Å². The van der Waals surface area contributed by atoms with Gasteiger partial charge < -0.3 is 15.5 Å². The predicted molar refractivity (Wildman–Crippen MR) is 60.0 cm³/mol. The van der Waals surface area contributed by atoms with Gasteiger partial charge in [-0.1, -0.05) is 0 Å². The van der Waals surface area contributed by atoms with Crippen molar-refractivity contribution in [1.82, 2.24) is 5.32 Å². The Kier molecular flexibility index (Phi) is 2.81. The van der Waals surface area contributed by atoms with Gasteiger partial charge in [-0.3, -0.25) is 4.79 Å². The zero-order chi connectivity index (χ0) is 11.5. The molecule has 0 aromatic heterocycles. The summed E-state index contributed by atoms with van der Waals surface area (Å²) in [6.45, 7) is 0. The van der Waals surface area contributed by atoms with E-state index in [1.807, 2.05) is 0 Å². The summed E-state index contributed by atoms with van der Waals surface area (Å²) in [5, 5.41) is 21.3. The highest BCUT2D eigenvalue weighted by atomic mass is 16.3. The fourth-order valence-corrected chi connectivity index (χ4v) is 1.32. The van der Waals surface area contributed by atoms with Gasteiger partial charge in [-0.05, 0) is 31.1 Å². The lowest BCUT2D eigenvalue weighted by Gasteiger charge is -2.00. The quantitative estimate of drug-likeness (QED) is 0.673. The second-order valence-electron chi connectivity index (χ2n) is 3.86. The summed E-state index contributed by atoms with van der Waals surface area (Å²) in [5.41, 5.74) is 0.503. The van der Waals surface area contributed by atoms with Crippen molar-refractivity contribution in [3.63, 3.8) is 0 Å². The predicted octanol–water partition coefficient (Wildman–Crippen LogP) is 1.39. The van der Waals surface area contributed by atoms with Crippen molar-refractivity contribution in [2.75, 3.05) is 0 Å². The standard InChI is InChI=1S/C12H13NO3/c14-10-5-1-8(11(15)7-10)2-6-12(16)13-9-3-4-9/h1-2,5-7,9,14-15H,3-4H2,(H,13,16). The Morgan fingerprint density at radius 3 is 2.75 bits per heavy atom. The summed E-state index contributed by atoms with van der Waals surface area (Å²) < 4.78 is 0. The molecule has 0 aliphatic heterocycles. The van der Waals surface area contributed by atoms with Crippen LogP contribution in [0, 0.1) is 0 Å². The lowest BCUT2D eigenvalue weighted by atomic mass is 10.2. The molecule has 1 aliphatic rings. The van der Waals surface area contributed by atoms with E-state index >= 15 is 0 Å². The average molecular weight is 219 g/mol. The van der Waals surface area contributed by atoms with Crippen LogP contribution in [0.25, 0.3) is 6.08 Å². The SMILES string of the molecule is O=C(C=Cc1ccc(O)cc1O)NC1CC1. The maximum atomic E-state index is 11.3. The molecule has 1 saturated carbocycles. The molecule has 1 aliphatic carbocycles. The van der Waals surface area contributed by atoms with Crippen LogP contribution in [0.15, 0.2) is 24.3 Å². The molecule has 16 heavy (non-hydrogen) atoms. The molecule has 4 nitrogen and oxygen atoms in total. The molecule has 3 N–H and O–H groups in total. The fourth-order valence-electron chi connectivity index (χ4n) is 1.32. The van der Waals surface area contributed by atoms with Gasteiger partial charge in [-0.25, -0.2) is 0 Å². The number of phenolic OH excluding ortho intramolecular Hbond substituents is 2. The molecule has 0 unspecified atom stereocenters. The summed E-state index contributed by atoms with van der Waals surface area (Å²) in [6, 6.07) is 4.56. The van der Waals surface area contributed by atoms with Gasteiger partial charge in [-0.2, -0.15) is 0 Å². The smallest absolute Gasteiger partial charge is 0.244 e. The number of aromatic hydroxyl groups is 2. The molecule has 4 heteroatoms. The van der Waals surface area contributed by atoms with Crippen LogP contribution in [0.4, 0.5) is 0 Å². The van der Waals surface area contributed by atoms with Crippen molar-refractivity contribution in [2.45, 2.75) is 18.9 Å². The van der Waals surface area contributed by atoms with Crippen molar-refractivity contribution in [3.05, 3.63) is 29.8 Å². The Morgan fingerprint density at radius 1 is 1.38 bits per heavy atom. The Hall–Kier alpha value is -1.97. The largest absolute Gasteiger partial charge is 0.508 e. The van der Waals surface area contributed by atoms with E-state index in [4.69, 9.17) is 5.11 Å². The highest BCUT2D eigenvalue weighted by molar-refractivity contribution is 5.92. The van der Waals surface area contributed by atoms with Gasteiger partial charge in [-0.15, -0.1) is 0 Å². The number of phenols is 2. The van der Waals surface area contributed by atoms with Crippen LogP contribution < -0.4 is 5.32 Å². The minimum absolute atomic E-state index is 0.00270. The van der Waals surface area contributed by atoms with Crippen LogP contribution >= 0.6 is 0 Å². The average Bonchev–Trinajstić information content (AvgIpc) is 3.00. The molecule has 1 amide bonds. The van der Waals surface area contributed by atoms with E-state index in [9.17, 15) is 9.90 Å². The maximum absolute atomic E-state index is 11.3. The zero-order valence-corrected chi connectivity index (χ0v) is 8.68. The molecule has 1 fully saturated rings. The summed E-state index contributed by atoms with van der Waals surface area (Å²) in [7, 11) is 0. The summed E-state index contributed by atoms with van der Waals surface area (Å²) >= 11 is 0. The first-order chi connectivity index (χ1) is 7.65. The Labute approximate surface area is 93.2 Å². The topological polar surface area (TPSA) is 69.6 Å². The van der Waals surface area contributed by atoms with Crippen LogP contribution in [-0.4, -0.2) is 22.2 Å². The van der Waals surface area contributed by atoms with Gasteiger partial charge >= 0.3 is 0 Å². The van der Waals surface area contributed by atoms with Gasteiger partial charge in [0.15, 0.2) is 0 Å². The number of hydrogen-bond donors (Lipinski definition) is 3. The Balaban J connectivity index is 2.01. The first kappa shape index (κ1) is 10.5. The van der Waals surface area contributed by atoms with E-state index in [0.717, 1.165) is 12.8 Å². The van der Waals surface area contributed by atoms with Crippen molar-refractivity contribution < 1.29 is 15.0 Å². The molecule has 0 saturated heterocycles. The maximum Gasteiger partial charge on any atom is 0.244 e. The van der Waals surface area contributed by atoms with E-state index in [1.54, 1.807) is 6.07 Å². The summed E-state index contributed by atoms with van der Waals surface area (Å²) in [6.07, 6.45) is 4.99. The van der Waals surface area contributed by atoms with E-state index in [2.05, 4.69) is 5.32 Å². The second-order valence-corrected chi connectivity index (χ2v) is 3.86. The molecule has 2 rings (SSSR count). The third-order valence-electron chi connectivity index (χ3n) is 2.35. The van der Waals surface area contributed by atoms with Crippen molar-refractivity contribution >= 4 is 12.0 Å². The van der Waals surface area contributed by atoms with Crippen LogP contribution in [-0.2, 0) is 4.79 Å². The fraction of sp³-hybridized carbons (Fsp3) is 0.250. The molecule has 0 spiro atoms. The highest BCUT2D eigenvalue weighted by Gasteiger charge is 2.21. The molecule has 0 radical (unpaired) electrons. The van der Waals surface area contributed by atoms with Gasteiger partial charge in [0.2, 0.25) is 5.91 Å². The van der Waals surface area contributed by atoms with Crippen LogP contribution in [0.5, 0.6) is 11.5 Å². The van der Waals surface area contributed by atoms with Crippen LogP contribution in [0.1, 0.15) is 18.4 Å². The number of carbonyl (C=O) groups excluding carboxylic acids is 1. The number of rotatable bonds is 3. The monoisotopic (exact) mass is 219 g/mol. The molecule has 1 aromatic rings. The Morgan fingerprint density at radius 2 is 2.12 bits per heavy atom. The van der Waals surface area contributed by atoms with Crippen molar-refractivity contribution in [2.24, 2.45) is 0 Å². The van der Waals surface area contributed by atoms with E-state index < -0.39 is 0 Å². The number of hydrogen-bond acceptors (Lipinski definition) is 3. The number of amides is 1. The van der Waals surface area contributed by atoms with E-state index in [1.165, 1.54) is 24.3 Å². The zero-order valence-electron chi connectivity index (χ0n) is 8.68. The number of nitrogens with one attached hydrogen (secondary N) is 1. The number of benzene rings is 1. The first-order valence-corrected chi connectivity index (χ1v) is 5.16. The minimum Gasteiger partial charge on any atom is -0.508 e. The molecular formula is C12H13NO3. The van der Waals surface area contributed by atoms with Crippen LogP contribution in [0.2, 0.25) is 0 Å². The van der Waals surface area contributed by atoms with Crippen molar-refractivity contribution in [3.8, 4) is 11.5 Å². The van der Waals surface area contributed by atoms with Crippen LogP contribution in [0.3, 0.4) is 0 Å². The van der Waals surface area contributed by atoms with E-state index in [0.29, 0.717) is 11.6 Å². The lowest BCUT2D eigenvalue weighted by Crippen LogP contribution is -2.22. The molecule has 0 heterocycles. The third-order valence-corrected chi connectivity index (χ3v) is 2.35. The summed E-state index contributed by atoms with van der Waals surface area (Å²) in [5.74, 6) is -0.206. The molecule has 84 valence electrons. The molecule has 0 bridgehead atoms. The number of carbonyl (C=O) groups is 1. The lowest BCUT2D eigenvalue weighted by molar-refractivity contribution is -0.116. The van der Waals surface area contributed by atoms with Gasteiger partial charge in [0.1, 0.15) is 11.5 Å². The first-order valence-electron chi connectivity index (χ1n) is 5.16. The second kappa shape index (κ2) is 4.26. The minimum atomic E-state index is -0.157. The van der Waals surface area contributed by atoms with E-state index in [-0.39, 0.29) is 17.4 Å².